The molecule has 4 aromatic heterocycles. The average molecular weight is 571 g/mol. The number of furan rings is 1. The lowest BCUT2D eigenvalue weighted by molar-refractivity contribution is -0.713. The maximum Gasteiger partial charge on any atom is 0.227 e. The Morgan fingerprint density at radius 2 is 1.58 bits per heavy atom. The normalized spacial score (nSPS) is 12.6. The lowest BCUT2D eigenvalue weighted by Gasteiger charge is -2.17. The molecule has 4 nitrogen and oxygen atoms in total. The van der Waals surface area contributed by atoms with Crippen LogP contribution in [0, 0.1) is 13.8 Å². The summed E-state index contributed by atoms with van der Waals surface area (Å²) in [6, 6.07) is 29.9. The molecule has 0 aliphatic carbocycles. The highest BCUT2D eigenvalue weighted by Gasteiger charge is 2.27. The van der Waals surface area contributed by atoms with Gasteiger partial charge in [-0.15, -0.1) is 0 Å². The highest BCUT2D eigenvalue weighted by molar-refractivity contribution is 6.08. The van der Waals surface area contributed by atoms with Crippen LogP contribution in [0.1, 0.15) is 82.2 Å². The summed E-state index contributed by atoms with van der Waals surface area (Å²) in [6.07, 6.45) is 8.71. The molecule has 0 saturated carbocycles. The molecule has 2 unspecified atom stereocenters. The summed E-state index contributed by atoms with van der Waals surface area (Å²) in [5.74, 6) is 0.527. The second kappa shape index (κ2) is 13.8. The molecule has 4 heterocycles. The van der Waals surface area contributed by atoms with E-state index in [-0.39, 0.29) is 0 Å². The van der Waals surface area contributed by atoms with Crippen molar-refractivity contribution in [3.8, 4) is 22.5 Å². The van der Waals surface area contributed by atoms with Gasteiger partial charge >= 0.3 is 0 Å². The quantitative estimate of drug-likeness (QED) is 0.171. The van der Waals surface area contributed by atoms with E-state index in [0.717, 1.165) is 51.9 Å². The van der Waals surface area contributed by atoms with Gasteiger partial charge in [0.05, 0.1) is 11.3 Å². The number of aryl methyl sites for hydroxylation is 2. The minimum atomic E-state index is 0.477. The van der Waals surface area contributed by atoms with Gasteiger partial charge in [-0.1, -0.05) is 76.2 Å². The van der Waals surface area contributed by atoms with Gasteiger partial charge in [0.15, 0.2) is 17.8 Å². The van der Waals surface area contributed by atoms with Crippen molar-refractivity contribution in [2.45, 2.75) is 79.2 Å². The van der Waals surface area contributed by atoms with E-state index >= 15 is 0 Å². The zero-order valence-electron chi connectivity index (χ0n) is 26.5. The van der Waals surface area contributed by atoms with Crippen LogP contribution in [-0.2, 0) is 0 Å². The van der Waals surface area contributed by atoms with Gasteiger partial charge in [-0.05, 0) is 68.0 Å². The van der Waals surface area contributed by atoms with Gasteiger partial charge in [-0.2, -0.15) is 4.57 Å². The van der Waals surface area contributed by atoms with Gasteiger partial charge in [0.1, 0.15) is 0 Å². The molecule has 0 amide bonds. The molecule has 6 rings (SSSR count). The lowest BCUT2D eigenvalue weighted by atomic mass is 9.94. The SMILES string of the molecule is CCCC(CC)[n+]1ccc(C(C)CC)cc1-c1c(C)ccc2c1oc1nc(C)ccc12.c1ccc(-c2ccccn2)cc1. The monoisotopic (exact) mass is 570 g/mol. The first-order valence-electron chi connectivity index (χ1n) is 15.8. The Hall–Kier alpha value is -4.31. The molecule has 0 aliphatic rings. The van der Waals surface area contributed by atoms with Crippen LogP contribution in [0.3, 0.4) is 0 Å². The first kappa shape index (κ1) is 30.2. The Labute approximate surface area is 256 Å². The van der Waals surface area contributed by atoms with E-state index in [1.54, 1.807) is 0 Å². The van der Waals surface area contributed by atoms with Crippen molar-refractivity contribution in [1.29, 1.82) is 0 Å². The first-order valence-corrected chi connectivity index (χ1v) is 15.8. The molecule has 0 spiro atoms. The Morgan fingerprint density at radius 3 is 2.28 bits per heavy atom. The average Bonchev–Trinajstić information content (AvgIpc) is 3.41. The molecule has 43 heavy (non-hydrogen) atoms. The minimum Gasteiger partial charge on any atom is -0.437 e. The summed E-state index contributed by atoms with van der Waals surface area (Å²) < 4.78 is 8.92. The Kier molecular flexibility index (Phi) is 9.66. The van der Waals surface area contributed by atoms with Gasteiger partial charge in [0.25, 0.3) is 0 Å². The largest absolute Gasteiger partial charge is 0.437 e. The van der Waals surface area contributed by atoms with Crippen molar-refractivity contribution < 1.29 is 8.98 Å². The fourth-order valence-corrected chi connectivity index (χ4v) is 5.83. The Morgan fingerprint density at radius 1 is 0.814 bits per heavy atom. The summed E-state index contributed by atoms with van der Waals surface area (Å²) in [6.45, 7) is 13.3. The molecule has 0 aliphatic heterocycles. The van der Waals surface area contributed by atoms with Crippen LogP contribution < -0.4 is 4.57 Å². The predicted molar refractivity (Wildman–Crippen MR) is 179 cm³/mol. The number of fused-ring (bicyclic) bond motifs is 3. The maximum absolute atomic E-state index is 6.43. The fraction of sp³-hybridized carbons (Fsp3) is 0.308. The van der Waals surface area contributed by atoms with E-state index in [2.05, 4.69) is 104 Å². The molecule has 0 N–H and O–H groups in total. The topological polar surface area (TPSA) is 42.8 Å². The lowest BCUT2D eigenvalue weighted by Crippen LogP contribution is -2.41. The number of hydrogen-bond donors (Lipinski definition) is 0. The first-order chi connectivity index (χ1) is 20.9. The third-order valence-corrected chi connectivity index (χ3v) is 8.52. The van der Waals surface area contributed by atoms with Crippen molar-refractivity contribution in [3.63, 3.8) is 0 Å². The van der Waals surface area contributed by atoms with E-state index in [9.17, 15) is 0 Å². The van der Waals surface area contributed by atoms with Crippen LogP contribution in [-0.4, -0.2) is 9.97 Å². The van der Waals surface area contributed by atoms with Crippen molar-refractivity contribution >= 4 is 22.1 Å². The zero-order chi connectivity index (χ0) is 30.3. The molecule has 4 heteroatoms. The van der Waals surface area contributed by atoms with Gasteiger partial charge in [-0.25, -0.2) is 4.98 Å². The Balaban J connectivity index is 0.000000255. The van der Waals surface area contributed by atoms with Crippen LogP contribution in [0.4, 0.5) is 0 Å². The number of rotatable bonds is 8. The Bertz CT molecular complexity index is 1750. The predicted octanol–water partition coefficient (Wildman–Crippen LogP) is 10.6. The molecule has 2 atom stereocenters. The fourth-order valence-electron chi connectivity index (χ4n) is 5.83. The molecular weight excluding hydrogens is 526 g/mol. The van der Waals surface area contributed by atoms with Crippen LogP contribution >= 0.6 is 0 Å². The third-order valence-electron chi connectivity index (χ3n) is 8.52. The zero-order valence-corrected chi connectivity index (χ0v) is 26.5. The molecule has 0 saturated heterocycles. The number of pyridine rings is 3. The number of benzene rings is 2. The molecule has 220 valence electrons. The molecule has 0 radical (unpaired) electrons. The number of hydrogen-bond acceptors (Lipinski definition) is 3. The molecule has 0 fully saturated rings. The van der Waals surface area contributed by atoms with Gasteiger partial charge < -0.3 is 4.42 Å². The summed E-state index contributed by atoms with van der Waals surface area (Å²) in [7, 11) is 0. The third kappa shape index (κ3) is 6.54. The second-order valence-electron chi connectivity index (χ2n) is 11.5. The summed E-state index contributed by atoms with van der Waals surface area (Å²) >= 11 is 0. The van der Waals surface area contributed by atoms with Gasteiger partial charge in [0, 0.05) is 53.2 Å². The van der Waals surface area contributed by atoms with Crippen LogP contribution in [0.5, 0.6) is 0 Å². The van der Waals surface area contributed by atoms with Crippen LogP contribution in [0.15, 0.2) is 102 Å². The van der Waals surface area contributed by atoms with Crippen molar-refractivity contribution in [1.82, 2.24) is 9.97 Å². The van der Waals surface area contributed by atoms with Crippen molar-refractivity contribution in [3.05, 3.63) is 114 Å². The maximum atomic E-state index is 6.43. The standard InChI is InChI=1S/C28H35N2O.C11H9N/c1-7-10-22(9-3)30-16-15-21(18(4)8-2)17-25(30)26-19(5)11-13-23-24-14-12-20(6)29-28(24)31-27(23)26;1-2-6-10(7-3-1)11-8-4-5-9-12-11/h11-18,22H,7-10H2,1-6H3;1-9H/q+1;. The van der Waals surface area contributed by atoms with Crippen molar-refractivity contribution in [2.75, 3.05) is 0 Å². The molecule has 6 aromatic rings. The van der Waals surface area contributed by atoms with Crippen molar-refractivity contribution in [2.24, 2.45) is 0 Å². The van der Waals surface area contributed by atoms with E-state index in [1.807, 2.05) is 49.5 Å². The van der Waals surface area contributed by atoms with Crippen LogP contribution in [0.2, 0.25) is 0 Å². The highest BCUT2D eigenvalue weighted by Crippen LogP contribution is 2.37. The summed E-state index contributed by atoms with van der Waals surface area (Å²) in [5.41, 5.74) is 9.95. The molecule has 2 aromatic carbocycles. The highest BCUT2D eigenvalue weighted by atomic mass is 16.3. The smallest absolute Gasteiger partial charge is 0.227 e. The summed E-state index contributed by atoms with van der Waals surface area (Å²) in [5, 5.41) is 2.24. The van der Waals surface area contributed by atoms with Gasteiger partial charge in [-0.3, -0.25) is 4.98 Å². The molecular formula is C39H44N3O+. The van der Waals surface area contributed by atoms with Gasteiger partial charge in [0.2, 0.25) is 11.4 Å². The van der Waals surface area contributed by atoms with E-state index in [4.69, 9.17) is 4.42 Å². The van der Waals surface area contributed by atoms with Crippen LogP contribution in [0.25, 0.3) is 44.6 Å². The number of nitrogens with zero attached hydrogens (tertiary/aromatic N) is 3. The van der Waals surface area contributed by atoms with E-state index in [1.165, 1.54) is 35.2 Å². The number of aromatic nitrogens is 3. The van der Waals surface area contributed by atoms with E-state index < -0.39 is 0 Å². The minimum absolute atomic E-state index is 0.477. The second-order valence-corrected chi connectivity index (χ2v) is 11.5. The summed E-state index contributed by atoms with van der Waals surface area (Å²) in [4.78, 5) is 8.92. The van der Waals surface area contributed by atoms with E-state index in [0.29, 0.717) is 12.0 Å². The molecule has 0 bridgehead atoms.